The molecule has 0 heterocycles. The van der Waals surface area contributed by atoms with Gasteiger partial charge in [0.05, 0.1) is 10.0 Å². The van der Waals surface area contributed by atoms with E-state index in [1.807, 2.05) is 24.3 Å². The van der Waals surface area contributed by atoms with Gasteiger partial charge in [-0.1, -0.05) is 42.3 Å². The van der Waals surface area contributed by atoms with Crippen molar-refractivity contribution in [3.63, 3.8) is 0 Å². The van der Waals surface area contributed by atoms with Gasteiger partial charge in [-0.3, -0.25) is 4.57 Å². The number of anilines is 1. The minimum absolute atomic E-state index is 0.397. The smallest absolute Gasteiger partial charge is 0.338 e. The molecule has 0 bridgehead atoms. The molecule has 0 saturated heterocycles. The summed E-state index contributed by atoms with van der Waals surface area (Å²) in [7, 11) is -3.05. The summed E-state index contributed by atoms with van der Waals surface area (Å²) in [4.78, 5) is 0. The van der Waals surface area contributed by atoms with E-state index >= 15 is 0 Å². The summed E-state index contributed by atoms with van der Waals surface area (Å²) in [6.45, 7) is 3.59. The van der Waals surface area contributed by atoms with Crippen LogP contribution in [0, 0.1) is 0 Å². The average Bonchev–Trinajstić information content (AvgIpc) is 2.43. The van der Waals surface area contributed by atoms with Crippen molar-refractivity contribution in [3.8, 4) is 5.75 Å². The largest absolute Gasteiger partial charge is 0.429 e. The first-order valence-corrected chi connectivity index (χ1v) is 9.32. The lowest BCUT2D eigenvalue weighted by molar-refractivity contribution is 0.493. The van der Waals surface area contributed by atoms with Crippen molar-refractivity contribution in [2.75, 3.05) is 11.8 Å². The molecular weight excluding hydrogens is 328 g/mol. The molecule has 2 aromatic rings. The number of hydrogen-bond donors (Lipinski definition) is 1. The van der Waals surface area contributed by atoms with Crippen LogP contribution in [0.1, 0.15) is 12.5 Å². The molecule has 2 rings (SSSR count). The molecule has 1 N–H and O–H groups in total. The number of halogens is 2. The number of nitrogens with one attached hydrogen (secondary N) is 1. The fourth-order valence-corrected chi connectivity index (χ4v) is 3.29. The van der Waals surface area contributed by atoms with Gasteiger partial charge in [0.25, 0.3) is 0 Å². The van der Waals surface area contributed by atoms with E-state index < -0.39 is 7.52 Å². The van der Waals surface area contributed by atoms with Crippen LogP contribution in [0.25, 0.3) is 0 Å². The van der Waals surface area contributed by atoms with Gasteiger partial charge in [-0.05, 0) is 42.3 Å². The quantitative estimate of drug-likeness (QED) is 0.690. The van der Waals surface area contributed by atoms with Crippen LogP contribution in [0.3, 0.4) is 0 Å². The van der Waals surface area contributed by atoms with Crippen molar-refractivity contribution in [3.05, 3.63) is 58.1 Å². The summed E-state index contributed by atoms with van der Waals surface area (Å²) in [5.41, 5.74) is 1.80. The number of aryl methyl sites for hydroxylation is 1. The van der Waals surface area contributed by atoms with Crippen LogP contribution < -0.4 is 9.61 Å². The Morgan fingerprint density at radius 2 is 1.76 bits per heavy atom. The van der Waals surface area contributed by atoms with Gasteiger partial charge in [0.2, 0.25) is 0 Å². The van der Waals surface area contributed by atoms with Gasteiger partial charge < -0.3 is 9.61 Å². The normalized spacial score (nSPS) is 13.5. The molecule has 3 nitrogen and oxygen atoms in total. The van der Waals surface area contributed by atoms with Gasteiger partial charge in [-0.15, -0.1) is 0 Å². The Bertz CT molecular complexity index is 674. The second kappa shape index (κ2) is 6.74. The minimum Gasteiger partial charge on any atom is -0.429 e. The third-order valence-corrected chi connectivity index (χ3v) is 4.83. The standard InChI is InChI=1S/C15H16Cl2NO2P/c1-3-11-4-7-13(8-5-11)20-21(2,19)18-12-6-9-14(16)15(17)10-12/h4-10H,3H2,1-2H3,(H,18,19). The van der Waals surface area contributed by atoms with Crippen molar-refractivity contribution in [2.45, 2.75) is 13.3 Å². The first kappa shape index (κ1) is 16.2. The third-order valence-electron chi connectivity index (χ3n) is 2.86. The Balaban J connectivity index is 2.10. The van der Waals surface area contributed by atoms with Gasteiger partial charge in [-0.2, -0.15) is 0 Å². The molecule has 0 aliphatic carbocycles. The second-order valence-electron chi connectivity index (χ2n) is 4.68. The first-order valence-electron chi connectivity index (χ1n) is 6.49. The summed E-state index contributed by atoms with van der Waals surface area (Å²) in [6.07, 6.45) is 0.950. The van der Waals surface area contributed by atoms with Gasteiger partial charge in [0, 0.05) is 12.4 Å². The summed E-state index contributed by atoms with van der Waals surface area (Å²) < 4.78 is 18.0. The number of rotatable bonds is 5. The van der Waals surface area contributed by atoms with E-state index in [9.17, 15) is 4.57 Å². The molecule has 21 heavy (non-hydrogen) atoms. The monoisotopic (exact) mass is 343 g/mol. The van der Waals surface area contributed by atoms with Crippen LogP contribution in [0.4, 0.5) is 5.69 Å². The zero-order valence-electron chi connectivity index (χ0n) is 11.8. The average molecular weight is 344 g/mol. The molecule has 0 saturated carbocycles. The molecule has 0 aliphatic rings. The van der Waals surface area contributed by atoms with Gasteiger partial charge in [0.1, 0.15) is 5.75 Å². The number of hydrogen-bond acceptors (Lipinski definition) is 2. The van der Waals surface area contributed by atoms with E-state index in [0.29, 0.717) is 21.5 Å². The summed E-state index contributed by atoms with van der Waals surface area (Å²) in [5.74, 6) is 0.561. The molecule has 1 unspecified atom stereocenters. The molecule has 0 amide bonds. The van der Waals surface area contributed by atoms with Crippen LogP contribution in [0.15, 0.2) is 42.5 Å². The highest BCUT2D eigenvalue weighted by Crippen LogP contribution is 2.44. The zero-order valence-corrected chi connectivity index (χ0v) is 14.2. The Morgan fingerprint density at radius 1 is 1.10 bits per heavy atom. The Kier molecular flexibility index (Phi) is 5.21. The predicted octanol–water partition coefficient (Wildman–Crippen LogP) is 5.87. The van der Waals surface area contributed by atoms with E-state index in [1.54, 1.807) is 18.2 Å². The molecule has 112 valence electrons. The maximum atomic E-state index is 12.5. The van der Waals surface area contributed by atoms with Crippen LogP contribution >= 0.6 is 30.7 Å². The van der Waals surface area contributed by atoms with Crippen molar-refractivity contribution < 1.29 is 9.09 Å². The molecule has 6 heteroatoms. The highest BCUT2D eigenvalue weighted by atomic mass is 35.5. The second-order valence-corrected chi connectivity index (χ2v) is 7.59. The topological polar surface area (TPSA) is 38.3 Å². The van der Waals surface area contributed by atoms with Crippen molar-refractivity contribution in [1.29, 1.82) is 0 Å². The van der Waals surface area contributed by atoms with Gasteiger partial charge in [0.15, 0.2) is 0 Å². The number of benzene rings is 2. The van der Waals surface area contributed by atoms with E-state index in [1.165, 1.54) is 12.2 Å². The van der Waals surface area contributed by atoms with E-state index in [0.717, 1.165) is 6.42 Å². The molecule has 0 aromatic heterocycles. The predicted molar refractivity (Wildman–Crippen MR) is 90.1 cm³/mol. The lowest BCUT2D eigenvalue weighted by Gasteiger charge is -2.18. The summed E-state index contributed by atoms with van der Waals surface area (Å²) >= 11 is 11.8. The SMILES string of the molecule is CCc1ccc(OP(C)(=O)Nc2ccc(Cl)c(Cl)c2)cc1. The van der Waals surface area contributed by atoms with E-state index in [-0.39, 0.29) is 0 Å². The third kappa shape index (κ3) is 4.67. The van der Waals surface area contributed by atoms with Crippen molar-refractivity contribution in [1.82, 2.24) is 0 Å². The van der Waals surface area contributed by atoms with Gasteiger partial charge >= 0.3 is 7.52 Å². The van der Waals surface area contributed by atoms with Crippen LogP contribution in [-0.2, 0) is 11.0 Å². The minimum atomic E-state index is -3.05. The lowest BCUT2D eigenvalue weighted by Crippen LogP contribution is -2.02. The fourth-order valence-electron chi connectivity index (χ4n) is 1.81. The lowest BCUT2D eigenvalue weighted by atomic mass is 10.2. The van der Waals surface area contributed by atoms with Crippen molar-refractivity contribution >= 4 is 36.4 Å². The molecule has 0 fully saturated rings. The molecule has 0 aliphatic heterocycles. The van der Waals surface area contributed by atoms with Gasteiger partial charge in [-0.25, -0.2) is 0 Å². The maximum absolute atomic E-state index is 12.5. The summed E-state index contributed by atoms with van der Waals surface area (Å²) in [6, 6.07) is 12.5. The van der Waals surface area contributed by atoms with E-state index in [2.05, 4.69) is 12.0 Å². The highest BCUT2D eigenvalue weighted by Gasteiger charge is 2.17. The van der Waals surface area contributed by atoms with Crippen molar-refractivity contribution in [2.24, 2.45) is 0 Å². The maximum Gasteiger partial charge on any atom is 0.338 e. The Labute approximate surface area is 134 Å². The summed E-state index contributed by atoms with van der Waals surface area (Å²) in [5, 5.41) is 3.70. The molecule has 1 atom stereocenters. The van der Waals surface area contributed by atoms with Crippen LogP contribution in [-0.4, -0.2) is 6.66 Å². The fraction of sp³-hybridized carbons (Fsp3) is 0.200. The molecular formula is C15H16Cl2NO2P. The zero-order chi connectivity index (χ0) is 15.5. The first-order chi connectivity index (χ1) is 9.89. The Morgan fingerprint density at radius 3 is 2.33 bits per heavy atom. The molecule has 2 aromatic carbocycles. The Hall–Kier alpha value is -1.15. The van der Waals surface area contributed by atoms with Crippen LogP contribution in [0.5, 0.6) is 5.75 Å². The highest BCUT2D eigenvalue weighted by molar-refractivity contribution is 7.60. The van der Waals surface area contributed by atoms with Crippen LogP contribution in [0.2, 0.25) is 10.0 Å². The molecule has 0 radical (unpaired) electrons. The molecule has 0 spiro atoms. The van der Waals surface area contributed by atoms with E-state index in [4.69, 9.17) is 27.7 Å².